The molecule has 2 rings (SSSR count). The highest BCUT2D eigenvalue weighted by Crippen LogP contribution is 2.31. The van der Waals surface area contributed by atoms with Crippen LogP contribution in [0.25, 0.3) is 0 Å². The van der Waals surface area contributed by atoms with E-state index in [1.54, 1.807) is 11.8 Å². The minimum Gasteiger partial charge on any atom is -0.399 e. The maximum atomic E-state index is 13.7. The Bertz CT molecular complexity index is 623. The van der Waals surface area contributed by atoms with Crippen LogP contribution in [0.3, 0.4) is 0 Å². The SMILES string of the molecule is CCSC1CCC(NS(=O)(=O)c2cc(N)cc(F)c2F)C1. The number of halogens is 2. The molecule has 3 N–H and O–H groups in total. The smallest absolute Gasteiger partial charge is 0.243 e. The van der Waals surface area contributed by atoms with Crippen LogP contribution in [0.5, 0.6) is 0 Å². The average Bonchev–Trinajstić information content (AvgIpc) is 2.80. The molecule has 2 unspecified atom stereocenters. The van der Waals surface area contributed by atoms with Gasteiger partial charge in [0.25, 0.3) is 0 Å². The van der Waals surface area contributed by atoms with Gasteiger partial charge in [-0.1, -0.05) is 6.92 Å². The Balaban J connectivity index is 2.16. The molecule has 1 aromatic rings. The Morgan fingerprint density at radius 1 is 1.38 bits per heavy atom. The number of sulfonamides is 1. The summed E-state index contributed by atoms with van der Waals surface area (Å²) >= 11 is 1.78. The first kappa shape index (κ1) is 16.5. The van der Waals surface area contributed by atoms with Gasteiger partial charge >= 0.3 is 0 Å². The Morgan fingerprint density at radius 3 is 2.76 bits per heavy atom. The van der Waals surface area contributed by atoms with Crippen molar-refractivity contribution in [1.82, 2.24) is 4.72 Å². The van der Waals surface area contributed by atoms with E-state index >= 15 is 0 Å². The van der Waals surface area contributed by atoms with E-state index in [1.807, 2.05) is 6.92 Å². The Labute approximate surface area is 127 Å². The molecule has 0 radical (unpaired) electrons. The standard InChI is InChI=1S/C13H18F2N2O2S2/c1-2-20-10-4-3-9(7-10)17-21(18,19)12-6-8(16)5-11(14)13(12)15/h5-6,9-10,17H,2-4,7,16H2,1H3. The normalized spacial score (nSPS) is 22.6. The zero-order valence-corrected chi connectivity index (χ0v) is 13.2. The fraction of sp³-hybridized carbons (Fsp3) is 0.538. The predicted octanol–water partition coefficient (Wildman–Crippen LogP) is 2.50. The topological polar surface area (TPSA) is 72.2 Å². The number of anilines is 1. The molecule has 0 aromatic heterocycles. The van der Waals surface area contributed by atoms with Gasteiger partial charge in [0.15, 0.2) is 11.6 Å². The lowest BCUT2D eigenvalue weighted by molar-refractivity contribution is 0.481. The molecule has 1 aromatic carbocycles. The van der Waals surface area contributed by atoms with Gasteiger partial charge in [0.05, 0.1) is 0 Å². The Kier molecular flexibility index (Phi) is 5.11. The van der Waals surface area contributed by atoms with Crippen molar-refractivity contribution in [2.75, 3.05) is 11.5 Å². The van der Waals surface area contributed by atoms with E-state index in [0.29, 0.717) is 18.1 Å². The largest absolute Gasteiger partial charge is 0.399 e. The highest BCUT2D eigenvalue weighted by Gasteiger charge is 2.30. The Hall–Kier alpha value is -0.860. The Morgan fingerprint density at radius 2 is 2.10 bits per heavy atom. The molecule has 21 heavy (non-hydrogen) atoms. The monoisotopic (exact) mass is 336 g/mol. The van der Waals surface area contributed by atoms with Crippen molar-refractivity contribution >= 4 is 27.5 Å². The van der Waals surface area contributed by atoms with Gasteiger partial charge in [-0.3, -0.25) is 0 Å². The van der Waals surface area contributed by atoms with Crippen molar-refractivity contribution in [3.63, 3.8) is 0 Å². The lowest BCUT2D eigenvalue weighted by Crippen LogP contribution is -2.34. The van der Waals surface area contributed by atoms with E-state index < -0.39 is 26.6 Å². The third kappa shape index (κ3) is 3.87. The molecule has 0 amide bonds. The van der Waals surface area contributed by atoms with Gasteiger partial charge < -0.3 is 5.73 Å². The minimum atomic E-state index is -4.11. The molecule has 1 aliphatic carbocycles. The van der Waals surface area contributed by atoms with Crippen molar-refractivity contribution in [3.8, 4) is 0 Å². The molecular weight excluding hydrogens is 318 g/mol. The minimum absolute atomic E-state index is 0.125. The molecule has 0 spiro atoms. The summed E-state index contributed by atoms with van der Waals surface area (Å²) in [6, 6.07) is 1.45. The molecule has 1 saturated carbocycles. The molecule has 1 aliphatic rings. The molecule has 0 aliphatic heterocycles. The lowest BCUT2D eigenvalue weighted by Gasteiger charge is -2.14. The predicted molar refractivity (Wildman–Crippen MR) is 80.7 cm³/mol. The van der Waals surface area contributed by atoms with Crippen LogP contribution < -0.4 is 10.5 Å². The summed E-state index contributed by atoms with van der Waals surface area (Å²) in [7, 11) is -4.11. The number of nitrogens with one attached hydrogen (secondary N) is 1. The van der Waals surface area contributed by atoms with Gasteiger partial charge in [0, 0.05) is 17.0 Å². The highest BCUT2D eigenvalue weighted by molar-refractivity contribution is 7.99. The lowest BCUT2D eigenvalue weighted by atomic mass is 10.3. The second kappa shape index (κ2) is 6.50. The van der Waals surface area contributed by atoms with Crippen molar-refractivity contribution in [2.45, 2.75) is 42.4 Å². The molecule has 2 atom stereocenters. The van der Waals surface area contributed by atoms with E-state index in [0.717, 1.165) is 24.3 Å². The summed E-state index contributed by atoms with van der Waals surface area (Å²) in [6.07, 6.45) is 2.31. The fourth-order valence-corrected chi connectivity index (χ4v) is 5.04. The fourth-order valence-electron chi connectivity index (χ4n) is 2.50. The van der Waals surface area contributed by atoms with Crippen LogP contribution in [0.1, 0.15) is 26.2 Å². The van der Waals surface area contributed by atoms with Gasteiger partial charge in [-0.05, 0) is 37.1 Å². The summed E-state index contributed by atoms with van der Waals surface area (Å²) in [4.78, 5) is -0.730. The maximum absolute atomic E-state index is 13.7. The summed E-state index contributed by atoms with van der Waals surface area (Å²) in [5.41, 5.74) is 5.27. The maximum Gasteiger partial charge on any atom is 0.243 e. The summed E-state index contributed by atoms with van der Waals surface area (Å²) in [5, 5.41) is 0.408. The second-order valence-electron chi connectivity index (χ2n) is 5.02. The molecule has 0 heterocycles. The van der Waals surface area contributed by atoms with E-state index in [1.165, 1.54) is 0 Å². The molecule has 1 fully saturated rings. The molecule has 4 nitrogen and oxygen atoms in total. The number of hydrogen-bond acceptors (Lipinski definition) is 4. The van der Waals surface area contributed by atoms with Crippen LogP contribution in [-0.4, -0.2) is 25.5 Å². The van der Waals surface area contributed by atoms with E-state index in [4.69, 9.17) is 5.73 Å². The summed E-state index contributed by atoms with van der Waals surface area (Å²) in [5.74, 6) is -1.69. The molecule has 0 bridgehead atoms. The van der Waals surface area contributed by atoms with Crippen molar-refractivity contribution < 1.29 is 17.2 Å². The summed E-state index contributed by atoms with van der Waals surface area (Å²) < 4.78 is 53.8. The molecule has 8 heteroatoms. The van der Waals surface area contributed by atoms with Gasteiger partial charge in [-0.2, -0.15) is 11.8 Å². The molecular formula is C13H18F2N2O2S2. The number of benzene rings is 1. The van der Waals surface area contributed by atoms with Gasteiger partial charge in [0.1, 0.15) is 4.90 Å². The van der Waals surface area contributed by atoms with Crippen LogP contribution >= 0.6 is 11.8 Å². The quantitative estimate of drug-likeness (QED) is 0.811. The van der Waals surface area contributed by atoms with Crippen LogP contribution in [0.2, 0.25) is 0 Å². The number of nitrogen functional groups attached to an aromatic ring is 1. The van der Waals surface area contributed by atoms with E-state index in [9.17, 15) is 17.2 Å². The zero-order chi connectivity index (χ0) is 15.6. The summed E-state index contributed by atoms with van der Waals surface area (Å²) in [6.45, 7) is 2.05. The van der Waals surface area contributed by atoms with Crippen molar-refractivity contribution in [3.05, 3.63) is 23.8 Å². The van der Waals surface area contributed by atoms with Crippen molar-refractivity contribution in [1.29, 1.82) is 0 Å². The van der Waals surface area contributed by atoms with Gasteiger partial charge in [-0.25, -0.2) is 21.9 Å². The second-order valence-corrected chi connectivity index (χ2v) is 8.28. The molecule has 0 saturated heterocycles. The third-order valence-electron chi connectivity index (χ3n) is 3.42. The van der Waals surface area contributed by atoms with Gasteiger partial charge in [-0.15, -0.1) is 0 Å². The van der Waals surface area contributed by atoms with Crippen LogP contribution in [0.15, 0.2) is 17.0 Å². The highest BCUT2D eigenvalue weighted by atomic mass is 32.2. The van der Waals surface area contributed by atoms with Crippen molar-refractivity contribution in [2.24, 2.45) is 0 Å². The van der Waals surface area contributed by atoms with E-state index in [-0.39, 0.29) is 11.7 Å². The van der Waals surface area contributed by atoms with Crippen LogP contribution in [-0.2, 0) is 10.0 Å². The number of thioether (sulfide) groups is 1. The number of rotatable bonds is 5. The zero-order valence-electron chi connectivity index (χ0n) is 11.6. The molecule has 118 valence electrons. The van der Waals surface area contributed by atoms with Crippen LogP contribution in [0, 0.1) is 11.6 Å². The average molecular weight is 336 g/mol. The first-order valence-corrected chi connectivity index (χ1v) is 9.25. The number of nitrogens with two attached hydrogens (primary N) is 1. The first-order valence-electron chi connectivity index (χ1n) is 6.72. The van der Waals surface area contributed by atoms with Crippen LogP contribution in [0.4, 0.5) is 14.5 Å². The van der Waals surface area contributed by atoms with Gasteiger partial charge in [0.2, 0.25) is 10.0 Å². The van der Waals surface area contributed by atoms with E-state index in [2.05, 4.69) is 4.72 Å². The third-order valence-corrected chi connectivity index (χ3v) is 6.17. The first-order chi connectivity index (χ1) is 9.83. The number of hydrogen-bond donors (Lipinski definition) is 2.